The van der Waals surface area contributed by atoms with E-state index in [4.69, 9.17) is 9.72 Å². The standard InChI is InChI=1S/C28H30BrN3O2/c1-21-13-15-24(16-14-21)34-19-18-32-26-11-5-4-10-25(26)31-27(32)12-3-2-6-17-30-28(33)22-8-7-9-23(29)20-22/h4-5,7-11,13-16,20H,2-3,6,12,17-19H2,1H3,(H,30,33). The van der Waals surface area contributed by atoms with E-state index >= 15 is 0 Å². The van der Waals surface area contributed by atoms with Gasteiger partial charge < -0.3 is 14.6 Å². The quantitative estimate of drug-likeness (QED) is 0.235. The maximum Gasteiger partial charge on any atom is 0.251 e. The van der Waals surface area contributed by atoms with Gasteiger partial charge in [-0.25, -0.2) is 4.98 Å². The predicted molar refractivity (Wildman–Crippen MR) is 140 cm³/mol. The third-order valence-electron chi connectivity index (χ3n) is 5.79. The summed E-state index contributed by atoms with van der Waals surface area (Å²) >= 11 is 3.41. The van der Waals surface area contributed by atoms with Crippen LogP contribution in [-0.4, -0.2) is 28.6 Å². The Labute approximate surface area is 209 Å². The summed E-state index contributed by atoms with van der Waals surface area (Å²) in [4.78, 5) is 17.1. The second kappa shape index (κ2) is 11.8. The van der Waals surface area contributed by atoms with Crippen LogP contribution in [0.5, 0.6) is 5.75 Å². The molecule has 176 valence electrons. The monoisotopic (exact) mass is 519 g/mol. The fraction of sp³-hybridized carbons (Fsp3) is 0.286. The number of carbonyl (C=O) groups excluding carboxylic acids is 1. The van der Waals surface area contributed by atoms with Crippen LogP contribution in [0.4, 0.5) is 0 Å². The predicted octanol–water partition coefficient (Wildman–Crippen LogP) is 6.33. The molecule has 0 unspecified atom stereocenters. The number of para-hydroxylation sites is 2. The molecule has 0 fully saturated rings. The number of hydrogen-bond donors (Lipinski definition) is 1. The number of carbonyl (C=O) groups is 1. The van der Waals surface area contributed by atoms with E-state index in [9.17, 15) is 4.79 Å². The van der Waals surface area contributed by atoms with Gasteiger partial charge in [-0.05, 0) is 62.2 Å². The van der Waals surface area contributed by atoms with E-state index in [0.29, 0.717) is 18.7 Å². The van der Waals surface area contributed by atoms with E-state index < -0.39 is 0 Å². The number of amides is 1. The highest BCUT2D eigenvalue weighted by Gasteiger charge is 2.11. The lowest BCUT2D eigenvalue weighted by molar-refractivity contribution is 0.0953. The molecule has 0 aliphatic carbocycles. The number of aryl methyl sites for hydroxylation is 2. The number of rotatable bonds is 11. The molecular weight excluding hydrogens is 490 g/mol. The van der Waals surface area contributed by atoms with Crippen molar-refractivity contribution in [1.82, 2.24) is 14.9 Å². The summed E-state index contributed by atoms with van der Waals surface area (Å²) in [5, 5.41) is 3.01. The Morgan fingerprint density at radius 3 is 2.65 bits per heavy atom. The van der Waals surface area contributed by atoms with Crippen LogP contribution in [0.1, 0.15) is 41.0 Å². The molecule has 6 heteroatoms. The van der Waals surface area contributed by atoms with Crippen LogP contribution in [0.3, 0.4) is 0 Å². The van der Waals surface area contributed by atoms with Gasteiger partial charge in [-0.3, -0.25) is 4.79 Å². The number of aromatic nitrogens is 2. The van der Waals surface area contributed by atoms with Crippen LogP contribution in [-0.2, 0) is 13.0 Å². The van der Waals surface area contributed by atoms with Crippen molar-refractivity contribution in [3.63, 3.8) is 0 Å². The Hall–Kier alpha value is -3.12. The van der Waals surface area contributed by atoms with Crippen LogP contribution >= 0.6 is 15.9 Å². The molecular formula is C28H30BrN3O2. The molecule has 5 nitrogen and oxygen atoms in total. The van der Waals surface area contributed by atoms with Crippen molar-refractivity contribution in [3.05, 3.63) is 94.2 Å². The SMILES string of the molecule is Cc1ccc(OCCn2c(CCCCCNC(=O)c3cccc(Br)c3)nc3ccccc32)cc1. The number of benzene rings is 3. The van der Waals surface area contributed by atoms with Crippen molar-refractivity contribution in [3.8, 4) is 5.75 Å². The molecule has 4 rings (SSSR count). The van der Waals surface area contributed by atoms with Crippen molar-refractivity contribution >= 4 is 32.9 Å². The van der Waals surface area contributed by atoms with Gasteiger partial charge in [-0.15, -0.1) is 0 Å². The third kappa shape index (κ3) is 6.48. The lowest BCUT2D eigenvalue weighted by Crippen LogP contribution is -2.24. The Kier molecular flexibility index (Phi) is 8.36. The summed E-state index contributed by atoms with van der Waals surface area (Å²) in [5.41, 5.74) is 4.07. The lowest BCUT2D eigenvalue weighted by atomic mass is 10.1. The number of imidazole rings is 1. The first-order valence-corrected chi connectivity index (χ1v) is 12.6. The molecule has 0 saturated carbocycles. The van der Waals surface area contributed by atoms with E-state index in [-0.39, 0.29) is 5.91 Å². The Morgan fingerprint density at radius 1 is 1.00 bits per heavy atom. The summed E-state index contributed by atoms with van der Waals surface area (Å²) in [6.07, 6.45) is 3.89. The van der Waals surface area contributed by atoms with Gasteiger partial charge >= 0.3 is 0 Å². The normalized spacial score (nSPS) is 11.0. The molecule has 1 N–H and O–H groups in total. The molecule has 0 aliphatic rings. The van der Waals surface area contributed by atoms with E-state index in [0.717, 1.165) is 59.3 Å². The van der Waals surface area contributed by atoms with Crippen molar-refractivity contribution in [2.75, 3.05) is 13.2 Å². The first-order chi connectivity index (χ1) is 16.6. The van der Waals surface area contributed by atoms with Crippen molar-refractivity contribution in [2.24, 2.45) is 0 Å². The van der Waals surface area contributed by atoms with Gasteiger partial charge in [0.05, 0.1) is 17.6 Å². The zero-order chi connectivity index (χ0) is 23.8. The zero-order valence-corrected chi connectivity index (χ0v) is 21.1. The number of nitrogens with one attached hydrogen (secondary N) is 1. The molecule has 0 radical (unpaired) electrons. The minimum Gasteiger partial charge on any atom is -0.492 e. The minimum absolute atomic E-state index is 0.0309. The number of hydrogen-bond acceptors (Lipinski definition) is 3. The fourth-order valence-corrected chi connectivity index (χ4v) is 4.37. The molecule has 0 aliphatic heterocycles. The highest BCUT2D eigenvalue weighted by atomic mass is 79.9. The number of ether oxygens (including phenoxy) is 1. The molecule has 3 aromatic carbocycles. The van der Waals surface area contributed by atoms with Gasteiger partial charge in [0.1, 0.15) is 18.2 Å². The molecule has 0 bridgehead atoms. The van der Waals surface area contributed by atoms with Crippen LogP contribution in [0.25, 0.3) is 11.0 Å². The molecule has 0 atom stereocenters. The van der Waals surface area contributed by atoms with Crippen molar-refractivity contribution in [1.29, 1.82) is 0 Å². The highest BCUT2D eigenvalue weighted by Crippen LogP contribution is 2.19. The molecule has 0 saturated heterocycles. The van der Waals surface area contributed by atoms with E-state index in [1.807, 2.05) is 42.5 Å². The van der Waals surface area contributed by atoms with Crippen LogP contribution in [0, 0.1) is 6.92 Å². The fourth-order valence-electron chi connectivity index (χ4n) is 3.97. The van der Waals surface area contributed by atoms with Gasteiger partial charge in [0.15, 0.2) is 0 Å². The van der Waals surface area contributed by atoms with E-state index in [2.05, 4.69) is 63.1 Å². The number of unbranched alkanes of at least 4 members (excludes halogenated alkanes) is 2. The van der Waals surface area contributed by atoms with E-state index in [1.165, 1.54) is 5.56 Å². The number of halogens is 1. The average molecular weight is 520 g/mol. The molecule has 0 spiro atoms. The molecule has 34 heavy (non-hydrogen) atoms. The van der Waals surface area contributed by atoms with Crippen molar-refractivity contribution < 1.29 is 9.53 Å². The van der Waals surface area contributed by atoms with Gasteiger partial charge in [-0.1, -0.05) is 58.2 Å². The van der Waals surface area contributed by atoms with Crippen LogP contribution < -0.4 is 10.1 Å². The summed E-state index contributed by atoms with van der Waals surface area (Å²) in [6.45, 7) is 4.10. The summed E-state index contributed by atoms with van der Waals surface area (Å²) in [5.74, 6) is 1.95. The van der Waals surface area contributed by atoms with Crippen LogP contribution in [0.2, 0.25) is 0 Å². The first kappa shape index (κ1) is 24.0. The van der Waals surface area contributed by atoms with Gasteiger partial charge in [-0.2, -0.15) is 0 Å². The summed E-state index contributed by atoms with van der Waals surface area (Å²) < 4.78 is 9.16. The Balaban J connectivity index is 1.26. The smallest absolute Gasteiger partial charge is 0.251 e. The Morgan fingerprint density at radius 2 is 1.82 bits per heavy atom. The topological polar surface area (TPSA) is 56.1 Å². The summed E-state index contributed by atoms with van der Waals surface area (Å²) in [7, 11) is 0. The second-order valence-electron chi connectivity index (χ2n) is 8.41. The van der Waals surface area contributed by atoms with Crippen molar-refractivity contribution in [2.45, 2.75) is 39.2 Å². The average Bonchev–Trinajstić information content (AvgIpc) is 3.20. The zero-order valence-electron chi connectivity index (χ0n) is 19.5. The second-order valence-corrected chi connectivity index (χ2v) is 9.32. The highest BCUT2D eigenvalue weighted by molar-refractivity contribution is 9.10. The minimum atomic E-state index is -0.0309. The Bertz CT molecular complexity index is 1230. The molecule has 1 amide bonds. The largest absolute Gasteiger partial charge is 0.492 e. The van der Waals surface area contributed by atoms with Gasteiger partial charge in [0.25, 0.3) is 5.91 Å². The van der Waals surface area contributed by atoms with Crippen LogP contribution in [0.15, 0.2) is 77.3 Å². The van der Waals surface area contributed by atoms with Gasteiger partial charge in [0, 0.05) is 23.0 Å². The maximum atomic E-state index is 12.3. The molecule has 4 aromatic rings. The molecule has 1 aromatic heterocycles. The number of nitrogens with zero attached hydrogens (tertiary/aromatic N) is 2. The lowest BCUT2D eigenvalue weighted by Gasteiger charge is -2.11. The number of fused-ring (bicyclic) bond motifs is 1. The first-order valence-electron chi connectivity index (χ1n) is 11.8. The molecule has 1 heterocycles. The third-order valence-corrected chi connectivity index (χ3v) is 6.28. The summed E-state index contributed by atoms with van der Waals surface area (Å²) in [6, 6.07) is 23.9. The van der Waals surface area contributed by atoms with Gasteiger partial charge in [0.2, 0.25) is 0 Å². The van der Waals surface area contributed by atoms with E-state index in [1.54, 1.807) is 0 Å². The maximum absolute atomic E-state index is 12.3.